The van der Waals surface area contributed by atoms with Crippen molar-refractivity contribution in [2.24, 2.45) is 5.73 Å². The third-order valence-corrected chi connectivity index (χ3v) is 4.26. The molecule has 0 bridgehead atoms. The second-order valence-electron chi connectivity index (χ2n) is 4.37. The molecule has 2 atom stereocenters. The Bertz CT molecular complexity index is 331. The van der Waals surface area contributed by atoms with Crippen LogP contribution in [0.2, 0.25) is 0 Å². The Kier molecular flexibility index (Phi) is 3.71. The standard InChI is InChI=1S/C12H19N3S/c1-9(13)10-3-4-12(14-7-10)15(2)11-5-6-16-8-11/h3-4,7,9,11H,5-6,8,13H2,1-2H3. The lowest BCUT2D eigenvalue weighted by Gasteiger charge is -2.25. The molecule has 1 aromatic rings. The predicted molar refractivity (Wildman–Crippen MR) is 71.0 cm³/mol. The van der Waals surface area contributed by atoms with Crippen LogP contribution in [-0.2, 0) is 0 Å². The van der Waals surface area contributed by atoms with Crippen LogP contribution < -0.4 is 10.6 Å². The minimum absolute atomic E-state index is 0.0638. The maximum atomic E-state index is 5.81. The van der Waals surface area contributed by atoms with Crippen LogP contribution in [0.25, 0.3) is 0 Å². The van der Waals surface area contributed by atoms with Crippen molar-refractivity contribution in [1.82, 2.24) is 4.98 Å². The molecule has 1 saturated heterocycles. The highest BCUT2D eigenvalue weighted by atomic mass is 32.2. The first kappa shape index (κ1) is 11.7. The molecule has 2 rings (SSSR count). The zero-order chi connectivity index (χ0) is 11.5. The van der Waals surface area contributed by atoms with E-state index in [2.05, 4.69) is 29.1 Å². The van der Waals surface area contributed by atoms with Crippen molar-refractivity contribution in [3.05, 3.63) is 23.9 Å². The lowest BCUT2D eigenvalue weighted by atomic mass is 10.1. The monoisotopic (exact) mass is 237 g/mol. The summed E-state index contributed by atoms with van der Waals surface area (Å²) in [4.78, 5) is 6.76. The van der Waals surface area contributed by atoms with Gasteiger partial charge in [-0.3, -0.25) is 0 Å². The Labute approximate surface area is 101 Å². The number of nitrogens with zero attached hydrogens (tertiary/aromatic N) is 2. The Morgan fingerprint density at radius 1 is 1.56 bits per heavy atom. The van der Waals surface area contributed by atoms with Gasteiger partial charge in [0.2, 0.25) is 0 Å². The van der Waals surface area contributed by atoms with Crippen molar-refractivity contribution >= 4 is 17.6 Å². The summed E-state index contributed by atoms with van der Waals surface area (Å²) < 4.78 is 0. The Balaban J connectivity index is 2.08. The summed E-state index contributed by atoms with van der Waals surface area (Å²) in [6.07, 6.45) is 3.15. The summed E-state index contributed by atoms with van der Waals surface area (Å²) in [5, 5.41) is 0. The van der Waals surface area contributed by atoms with Gasteiger partial charge in [0.25, 0.3) is 0 Å². The first-order valence-corrected chi connectivity index (χ1v) is 6.86. The van der Waals surface area contributed by atoms with Gasteiger partial charge in [0.1, 0.15) is 5.82 Å². The Morgan fingerprint density at radius 3 is 2.88 bits per heavy atom. The van der Waals surface area contributed by atoms with Crippen LogP contribution in [-0.4, -0.2) is 29.6 Å². The smallest absolute Gasteiger partial charge is 0.128 e. The molecule has 16 heavy (non-hydrogen) atoms. The fourth-order valence-electron chi connectivity index (χ4n) is 1.89. The van der Waals surface area contributed by atoms with Crippen LogP contribution in [0.15, 0.2) is 18.3 Å². The molecule has 4 heteroatoms. The van der Waals surface area contributed by atoms with Crippen molar-refractivity contribution in [3.63, 3.8) is 0 Å². The average molecular weight is 237 g/mol. The summed E-state index contributed by atoms with van der Waals surface area (Å²) in [7, 11) is 2.13. The zero-order valence-electron chi connectivity index (χ0n) is 9.89. The molecule has 3 nitrogen and oxygen atoms in total. The van der Waals surface area contributed by atoms with Crippen LogP contribution in [0.4, 0.5) is 5.82 Å². The highest BCUT2D eigenvalue weighted by Crippen LogP contribution is 2.25. The lowest BCUT2D eigenvalue weighted by Crippen LogP contribution is -2.31. The van der Waals surface area contributed by atoms with E-state index in [9.17, 15) is 0 Å². The van der Waals surface area contributed by atoms with Gasteiger partial charge in [-0.15, -0.1) is 0 Å². The Hall–Kier alpha value is -0.740. The number of pyridine rings is 1. The molecule has 2 heterocycles. The van der Waals surface area contributed by atoms with E-state index in [0.29, 0.717) is 6.04 Å². The number of nitrogens with two attached hydrogens (primary N) is 1. The van der Waals surface area contributed by atoms with Crippen LogP contribution in [0.5, 0.6) is 0 Å². The summed E-state index contributed by atoms with van der Waals surface area (Å²) in [5.74, 6) is 3.54. The second kappa shape index (κ2) is 5.06. The van der Waals surface area contributed by atoms with E-state index < -0.39 is 0 Å². The number of hydrogen-bond acceptors (Lipinski definition) is 4. The molecule has 1 fully saturated rings. The quantitative estimate of drug-likeness (QED) is 0.873. The van der Waals surface area contributed by atoms with E-state index in [0.717, 1.165) is 11.4 Å². The number of hydrogen-bond donors (Lipinski definition) is 1. The number of aromatic nitrogens is 1. The van der Waals surface area contributed by atoms with Crippen molar-refractivity contribution < 1.29 is 0 Å². The number of rotatable bonds is 3. The Morgan fingerprint density at radius 2 is 2.38 bits per heavy atom. The highest BCUT2D eigenvalue weighted by Gasteiger charge is 2.20. The van der Waals surface area contributed by atoms with Gasteiger partial charge in [-0.1, -0.05) is 6.07 Å². The van der Waals surface area contributed by atoms with Gasteiger partial charge in [-0.25, -0.2) is 4.98 Å². The molecule has 2 N–H and O–H groups in total. The second-order valence-corrected chi connectivity index (χ2v) is 5.52. The first-order chi connectivity index (χ1) is 7.68. The molecule has 1 aliphatic rings. The molecular weight excluding hydrogens is 218 g/mol. The van der Waals surface area contributed by atoms with Crippen molar-refractivity contribution in [2.75, 3.05) is 23.5 Å². The van der Waals surface area contributed by atoms with E-state index in [-0.39, 0.29) is 6.04 Å². The molecule has 88 valence electrons. The lowest BCUT2D eigenvalue weighted by molar-refractivity contribution is 0.690. The first-order valence-electron chi connectivity index (χ1n) is 5.70. The molecule has 1 aliphatic heterocycles. The van der Waals surface area contributed by atoms with Crippen molar-refractivity contribution in [2.45, 2.75) is 25.4 Å². The van der Waals surface area contributed by atoms with Crippen LogP contribution in [0, 0.1) is 0 Å². The zero-order valence-corrected chi connectivity index (χ0v) is 10.7. The van der Waals surface area contributed by atoms with E-state index in [1.54, 1.807) is 0 Å². The van der Waals surface area contributed by atoms with Gasteiger partial charge in [-0.05, 0) is 30.7 Å². The van der Waals surface area contributed by atoms with Gasteiger partial charge >= 0.3 is 0 Å². The van der Waals surface area contributed by atoms with Crippen LogP contribution >= 0.6 is 11.8 Å². The van der Waals surface area contributed by atoms with Gasteiger partial charge in [0.15, 0.2) is 0 Å². The van der Waals surface area contributed by atoms with Crippen molar-refractivity contribution in [3.8, 4) is 0 Å². The van der Waals surface area contributed by atoms with E-state index in [1.165, 1.54) is 17.9 Å². The fraction of sp³-hybridized carbons (Fsp3) is 0.583. The summed E-state index contributed by atoms with van der Waals surface area (Å²) >= 11 is 2.02. The van der Waals surface area contributed by atoms with E-state index in [1.807, 2.05) is 24.9 Å². The topological polar surface area (TPSA) is 42.1 Å². The molecule has 0 radical (unpaired) electrons. The maximum Gasteiger partial charge on any atom is 0.128 e. The van der Waals surface area contributed by atoms with Gasteiger partial charge in [-0.2, -0.15) is 11.8 Å². The van der Waals surface area contributed by atoms with Gasteiger partial charge in [0, 0.05) is 31.1 Å². The summed E-state index contributed by atoms with van der Waals surface area (Å²) in [5.41, 5.74) is 6.90. The normalized spacial score (nSPS) is 22.1. The minimum Gasteiger partial charge on any atom is -0.356 e. The predicted octanol–water partition coefficient (Wildman–Crippen LogP) is 2.04. The molecule has 0 aromatic carbocycles. The van der Waals surface area contributed by atoms with E-state index in [4.69, 9.17) is 5.73 Å². The molecule has 0 aliphatic carbocycles. The molecule has 0 spiro atoms. The third kappa shape index (κ3) is 2.50. The van der Waals surface area contributed by atoms with E-state index >= 15 is 0 Å². The highest BCUT2D eigenvalue weighted by molar-refractivity contribution is 7.99. The molecule has 0 amide bonds. The average Bonchev–Trinajstić information content (AvgIpc) is 2.81. The molecule has 0 saturated carbocycles. The largest absolute Gasteiger partial charge is 0.356 e. The number of thioether (sulfide) groups is 1. The SMILES string of the molecule is CC(N)c1ccc(N(C)C2CCSC2)nc1. The molecular formula is C12H19N3S. The fourth-order valence-corrected chi connectivity index (χ4v) is 3.16. The maximum absolute atomic E-state index is 5.81. The molecule has 1 aromatic heterocycles. The third-order valence-electron chi connectivity index (χ3n) is 3.11. The number of anilines is 1. The van der Waals surface area contributed by atoms with Crippen LogP contribution in [0.1, 0.15) is 24.9 Å². The van der Waals surface area contributed by atoms with Crippen molar-refractivity contribution in [1.29, 1.82) is 0 Å². The minimum atomic E-state index is 0.0638. The summed E-state index contributed by atoms with van der Waals surface area (Å²) in [6.45, 7) is 1.98. The summed E-state index contributed by atoms with van der Waals surface area (Å²) in [6, 6.07) is 4.85. The van der Waals surface area contributed by atoms with Crippen LogP contribution in [0.3, 0.4) is 0 Å². The van der Waals surface area contributed by atoms with Gasteiger partial charge < -0.3 is 10.6 Å². The molecule has 2 unspecified atom stereocenters. The van der Waals surface area contributed by atoms with Gasteiger partial charge in [0.05, 0.1) is 0 Å².